The highest BCUT2D eigenvalue weighted by molar-refractivity contribution is 5.78. The van der Waals surface area contributed by atoms with Crippen LogP contribution in [0.3, 0.4) is 0 Å². The van der Waals surface area contributed by atoms with Crippen molar-refractivity contribution in [1.29, 1.82) is 0 Å². The standard InChI is InChI=1S/C31H50O3/c1-26(2)15-17-31(25(33)34-8)18-16-29(6)20(21(31)19-26)9-10-23-28(5)13-12-24(32)27(3,4)22(28)11-14-30(23,29)7/h9,21-24,32H,10-19H2,1-8H3/t21-,22?,23?,24+,28+,29-,30-,31+/m1/s1. The fourth-order valence-corrected chi connectivity index (χ4v) is 10.8. The molecule has 1 N–H and O–H groups in total. The molecule has 0 heterocycles. The molecule has 3 nitrogen and oxygen atoms in total. The molecular formula is C31H50O3. The van der Waals surface area contributed by atoms with Crippen molar-refractivity contribution in [1.82, 2.24) is 0 Å². The van der Waals surface area contributed by atoms with Crippen LogP contribution in [-0.4, -0.2) is 24.3 Å². The van der Waals surface area contributed by atoms with Gasteiger partial charge in [-0.25, -0.2) is 0 Å². The van der Waals surface area contributed by atoms with Gasteiger partial charge in [-0.1, -0.05) is 60.1 Å². The second-order valence-electron chi connectivity index (χ2n) is 15.2. The lowest BCUT2D eigenvalue weighted by Crippen LogP contribution is -2.65. The fourth-order valence-electron chi connectivity index (χ4n) is 10.8. The van der Waals surface area contributed by atoms with E-state index >= 15 is 0 Å². The molecule has 3 heteroatoms. The number of rotatable bonds is 1. The molecular weight excluding hydrogens is 420 g/mol. The summed E-state index contributed by atoms with van der Waals surface area (Å²) in [5.41, 5.74) is 2.18. The largest absolute Gasteiger partial charge is 0.469 e. The smallest absolute Gasteiger partial charge is 0.312 e. The number of carbonyl (C=O) groups excluding carboxylic acids is 1. The van der Waals surface area contributed by atoms with Crippen molar-refractivity contribution in [2.75, 3.05) is 7.11 Å². The van der Waals surface area contributed by atoms with Crippen LogP contribution in [-0.2, 0) is 9.53 Å². The number of allylic oxidation sites excluding steroid dienone is 2. The van der Waals surface area contributed by atoms with Gasteiger partial charge < -0.3 is 9.84 Å². The minimum atomic E-state index is -0.323. The van der Waals surface area contributed by atoms with E-state index in [1.165, 1.54) is 12.8 Å². The Labute approximate surface area is 208 Å². The maximum Gasteiger partial charge on any atom is 0.312 e. The van der Waals surface area contributed by atoms with Gasteiger partial charge in [-0.2, -0.15) is 0 Å². The first kappa shape index (κ1) is 24.8. The lowest BCUT2D eigenvalue weighted by atomic mass is 9.33. The van der Waals surface area contributed by atoms with Crippen LogP contribution < -0.4 is 0 Å². The van der Waals surface area contributed by atoms with Gasteiger partial charge in [0, 0.05) is 0 Å². The molecule has 5 aliphatic carbocycles. The quantitative estimate of drug-likeness (QED) is 0.322. The van der Waals surface area contributed by atoms with Crippen molar-refractivity contribution in [3.63, 3.8) is 0 Å². The summed E-state index contributed by atoms with van der Waals surface area (Å²) in [5.74, 6) is 1.57. The number of methoxy groups -OCH3 is 1. The van der Waals surface area contributed by atoms with Crippen LogP contribution >= 0.6 is 0 Å². The molecule has 0 bridgehead atoms. The van der Waals surface area contributed by atoms with Crippen LogP contribution in [0.5, 0.6) is 0 Å². The van der Waals surface area contributed by atoms with E-state index < -0.39 is 0 Å². The van der Waals surface area contributed by atoms with Crippen molar-refractivity contribution in [3.05, 3.63) is 11.6 Å². The third kappa shape index (κ3) is 2.94. The third-order valence-corrected chi connectivity index (χ3v) is 13.2. The number of fused-ring (bicyclic) bond motifs is 7. The molecule has 4 fully saturated rings. The van der Waals surface area contributed by atoms with Crippen LogP contribution in [0.2, 0.25) is 0 Å². The number of carbonyl (C=O) groups is 1. The van der Waals surface area contributed by atoms with E-state index in [9.17, 15) is 9.90 Å². The zero-order valence-corrected chi connectivity index (χ0v) is 23.2. The van der Waals surface area contributed by atoms with E-state index in [1.54, 1.807) is 12.7 Å². The summed E-state index contributed by atoms with van der Waals surface area (Å²) in [6.07, 6.45) is 13.4. The summed E-state index contributed by atoms with van der Waals surface area (Å²) in [6.45, 7) is 17.2. The minimum absolute atomic E-state index is 0.0147. The van der Waals surface area contributed by atoms with E-state index in [4.69, 9.17) is 4.74 Å². The molecule has 0 aromatic carbocycles. The lowest BCUT2D eigenvalue weighted by Gasteiger charge is -2.71. The number of aliphatic hydroxyl groups excluding tert-OH is 1. The van der Waals surface area contributed by atoms with Crippen LogP contribution in [0.1, 0.15) is 113 Å². The molecule has 34 heavy (non-hydrogen) atoms. The molecule has 5 aliphatic rings. The Morgan fingerprint density at radius 1 is 0.912 bits per heavy atom. The molecule has 0 spiro atoms. The first-order valence-electron chi connectivity index (χ1n) is 14.2. The summed E-state index contributed by atoms with van der Waals surface area (Å²) >= 11 is 0. The Bertz CT molecular complexity index is 900. The maximum absolute atomic E-state index is 13.3. The molecule has 0 radical (unpaired) electrons. The van der Waals surface area contributed by atoms with Crippen molar-refractivity contribution < 1.29 is 14.6 Å². The summed E-state index contributed by atoms with van der Waals surface area (Å²) in [4.78, 5) is 13.3. The van der Waals surface area contributed by atoms with Crippen molar-refractivity contribution in [2.45, 2.75) is 119 Å². The zero-order valence-electron chi connectivity index (χ0n) is 23.2. The summed E-state index contributed by atoms with van der Waals surface area (Å²) in [5, 5.41) is 10.9. The molecule has 2 unspecified atom stereocenters. The summed E-state index contributed by atoms with van der Waals surface area (Å²) in [7, 11) is 1.59. The van der Waals surface area contributed by atoms with Gasteiger partial charge in [0.15, 0.2) is 0 Å². The summed E-state index contributed by atoms with van der Waals surface area (Å²) in [6, 6.07) is 0. The molecule has 192 valence electrons. The lowest BCUT2D eigenvalue weighted by molar-refractivity contribution is -0.206. The zero-order chi connectivity index (χ0) is 24.9. The third-order valence-electron chi connectivity index (χ3n) is 13.2. The Kier molecular flexibility index (Phi) is 5.38. The molecule has 0 saturated heterocycles. The Morgan fingerprint density at radius 3 is 2.26 bits per heavy atom. The van der Waals surface area contributed by atoms with Gasteiger partial charge in [0.1, 0.15) is 0 Å². The molecule has 0 amide bonds. The molecule has 8 atom stereocenters. The average Bonchev–Trinajstić information content (AvgIpc) is 2.76. The van der Waals surface area contributed by atoms with Crippen molar-refractivity contribution in [2.24, 2.45) is 50.2 Å². The van der Waals surface area contributed by atoms with Gasteiger partial charge in [-0.3, -0.25) is 4.79 Å². The highest BCUT2D eigenvalue weighted by atomic mass is 16.5. The topological polar surface area (TPSA) is 46.5 Å². The van der Waals surface area contributed by atoms with Crippen molar-refractivity contribution >= 4 is 5.97 Å². The molecule has 4 saturated carbocycles. The number of ether oxygens (including phenoxy) is 1. The number of hydrogen-bond acceptors (Lipinski definition) is 3. The van der Waals surface area contributed by atoms with Gasteiger partial charge in [-0.05, 0) is 109 Å². The van der Waals surface area contributed by atoms with E-state index in [-0.39, 0.29) is 44.6 Å². The maximum atomic E-state index is 13.3. The van der Waals surface area contributed by atoms with Crippen molar-refractivity contribution in [3.8, 4) is 0 Å². The highest BCUT2D eigenvalue weighted by Gasteiger charge is 2.69. The van der Waals surface area contributed by atoms with Gasteiger partial charge in [0.2, 0.25) is 0 Å². The predicted octanol–water partition coefficient (Wildman–Crippen LogP) is 7.32. The molecule has 5 rings (SSSR count). The number of hydrogen-bond donors (Lipinski definition) is 1. The van der Waals surface area contributed by atoms with Crippen LogP contribution in [0, 0.1) is 50.2 Å². The van der Waals surface area contributed by atoms with E-state index in [2.05, 4.69) is 54.5 Å². The first-order valence-corrected chi connectivity index (χ1v) is 14.2. The van der Waals surface area contributed by atoms with E-state index in [0.29, 0.717) is 17.8 Å². The molecule has 0 aliphatic heterocycles. The summed E-state index contributed by atoms with van der Waals surface area (Å²) < 4.78 is 5.49. The Morgan fingerprint density at radius 2 is 1.59 bits per heavy atom. The number of esters is 1. The monoisotopic (exact) mass is 470 g/mol. The van der Waals surface area contributed by atoms with E-state index in [0.717, 1.165) is 51.4 Å². The Balaban J connectivity index is 1.60. The molecule has 0 aromatic rings. The predicted molar refractivity (Wildman–Crippen MR) is 137 cm³/mol. The molecule has 0 aromatic heterocycles. The second kappa shape index (κ2) is 7.36. The van der Waals surface area contributed by atoms with Crippen LogP contribution in [0.4, 0.5) is 0 Å². The van der Waals surface area contributed by atoms with Gasteiger partial charge in [0.05, 0.1) is 18.6 Å². The van der Waals surface area contributed by atoms with Crippen LogP contribution in [0.15, 0.2) is 11.6 Å². The van der Waals surface area contributed by atoms with E-state index in [1.807, 2.05) is 0 Å². The highest BCUT2D eigenvalue weighted by Crippen LogP contribution is 2.75. The second-order valence-corrected chi connectivity index (χ2v) is 15.2. The minimum Gasteiger partial charge on any atom is -0.469 e. The van der Waals surface area contributed by atoms with Crippen LogP contribution in [0.25, 0.3) is 0 Å². The van der Waals surface area contributed by atoms with Gasteiger partial charge in [-0.15, -0.1) is 0 Å². The Hall–Kier alpha value is -0.830. The fraction of sp³-hybridized carbons (Fsp3) is 0.903. The first-order chi connectivity index (χ1) is 15.7. The number of aliphatic hydroxyl groups is 1. The van der Waals surface area contributed by atoms with Gasteiger partial charge >= 0.3 is 5.97 Å². The average molecular weight is 471 g/mol. The normalized spacial score (nSPS) is 51.1. The van der Waals surface area contributed by atoms with Gasteiger partial charge in [0.25, 0.3) is 0 Å². The SMILES string of the molecule is COC(=O)[C@]12CCC(C)(C)C[C@@H]1C1=CCC3[C@@]4(C)CC[C@H](O)C(C)(C)C4CC[C@@]3(C)[C@]1(C)CC2.